The molecule has 0 spiro atoms. The molecule has 0 amide bonds. The highest BCUT2D eigenvalue weighted by Crippen LogP contribution is 2.35. The number of nitrogens with zero attached hydrogens (tertiary/aromatic N) is 1. The molecule has 0 fully saturated rings. The highest BCUT2D eigenvalue weighted by molar-refractivity contribution is 5.50. The van der Waals surface area contributed by atoms with Crippen molar-refractivity contribution >= 4 is 5.69 Å². The molecule has 5 heteroatoms. The Labute approximate surface area is 103 Å². The minimum absolute atomic E-state index is 0.246. The zero-order valence-corrected chi connectivity index (χ0v) is 9.52. The van der Waals surface area contributed by atoms with E-state index in [0.29, 0.717) is 12.2 Å². The predicted molar refractivity (Wildman–Crippen MR) is 64.1 cm³/mol. The third kappa shape index (κ3) is 2.07. The van der Waals surface area contributed by atoms with Crippen molar-refractivity contribution in [2.75, 3.05) is 12.1 Å². The molecule has 0 atom stereocenters. The van der Waals surface area contributed by atoms with Crippen molar-refractivity contribution < 1.29 is 13.9 Å². The molecule has 3 rings (SSSR count). The average Bonchev–Trinajstić information content (AvgIpc) is 2.85. The summed E-state index contributed by atoms with van der Waals surface area (Å²) >= 11 is 0. The van der Waals surface area contributed by atoms with Crippen molar-refractivity contribution in [1.29, 1.82) is 0 Å². The van der Waals surface area contributed by atoms with Crippen LogP contribution in [-0.2, 0) is 6.54 Å². The number of rotatable bonds is 3. The summed E-state index contributed by atoms with van der Waals surface area (Å²) in [5.74, 6) is 0.993. The van der Waals surface area contributed by atoms with Gasteiger partial charge < -0.3 is 14.8 Å². The summed E-state index contributed by atoms with van der Waals surface area (Å²) in [6.45, 7) is 0.784. The first-order valence-electron chi connectivity index (χ1n) is 5.56. The van der Waals surface area contributed by atoms with Crippen LogP contribution in [-0.4, -0.2) is 11.8 Å². The highest BCUT2D eigenvalue weighted by atomic mass is 19.1. The van der Waals surface area contributed by atoms with Gasteiger partial charge in [0.15, 0.2) is 11.5 Å². The van der Waals surface area contributed by atoms with Gasteiger partial charge in [-0.15, -0.1) is 0 Å². The van der Waals surface area contributed by atoms with Crippen molar-refractivity contribution in [2.45, 2.75) is 6.54 Å². The number of hydrogen-bond donors (Lipinski definition) is 1. The van der Waals surface area contributed by atoms with E-state index in [1.165, 1.54) is 12.3 Å². The molecule has 1 N–H and O–H groups in total. The van der Waals surface area contributed by atoms with E-state index >= 15 is 0 Å². The number of ether oxygens (including phenoxy) is 2. The van der Waals surface area contributed by atoms with E-state index < -0.39 is 5.95 Å². The zero-order chi connectivity index (χ0) is 12.4. The van der Waals surface area contributed by atoms with Crippen LogP contribution in [0, 0.1) is 5.95 Å². The smallest absolute Gasteiger partial charge is 0.231 e. The number of para-hydroxylation sites is 1. The van der Waals surface area contributed by atoms with Gasteiger partial charge in [0.25, 0.3) is 0 Å². The molecule has 0 aliphatic carbocycles. The van der Waals surface area contributed by atoms with Crippen LogP contribution in [0.1, 0.15) is 5.56 Å². The van der Waals surface area contributed by atoms with Crippen LogP contribution < -0.4 is 14.8 Å². The minimum atomic E-state index is -0.502. The number of benzene rings is 1. The molecule has 18 heavy (non-hydrogen) atoms. The van der Waals surface area contributed by atoms with Gasteiger partial charge in [-0.3, -0.25) is 0 Å². The maximum absolute atomic E-state index is 12.9. The summed E-state index contributed by atoms with van der Waals surface area (Å²) in [5, 5.41) is 3.12. The maximum Gasteiger partial charge on any atom is 0.231 e. The van der Waals surface area contributed by atoms with E-state index in [0.717, 1.165) is 17.1 Å². The Morgan fingerprint density at radius 2 is 2.22 bits per heavy atom. The molecule has 92 valence electrons. The predicted octanol–water partition coefficient (Wildman–Crippen LogP) is 2.56. The topological polar surface area (TPSA) is 43.4 Å². The number of aromatic nitrogens is 1. The van der Waals surface area contributed by atoms with E-state index in [2.05, 4.69) is 10.3 Å². The summed E-state index contributed by atoms with van der Waals surface area (Å²) in [4.78, 5) is 3.50. The van der Waals surface area contributed by atoms with Gasteiger partial charge in [0.1, 0.15) is 0 Å². The van der Waals surface area contributed by atoms with Gasteiger partial charge >= 0.3 is 0 Å². The van der Waals surface area contributed by atoms with Crippen LogP contribution in [0.25, 0.3) is 0 Å². The fourth-order valence-corrected chi connectivity index (χ4v) is 1.84. The molecule has 4 nitrogen and oxygen atoms in total. The molecule has 1 aliphatic heterocycles. The Morgan fingerprint density at radius 3 is 3.11 bits per heavy atom. The second-order valence-electron chi connectivity index (χ2n) is 3.87. The lowest BCUT2D eigenvalue weighted by atomic mass is 10.2. The molecule has 1 aromatic carbocycles. The van der Waals surface area contributed by atoms with Gasteiger partial charge in [-0.25, -0.2) is 4.98 Å². The number of anilines is 1. The number of hydrogen-bond acceptors (Lipinski definition) is 4. The summed E-state index contributed by atoms with van der Waals surface area (Å²) in [5.41, 5.74) is 1.65. The summed E-state index contributed by atoms with van der Waals surface area (Å²) in [6, 6.07) is 8.76. The molecular formula is C13H11FN2O2. The summed E-state index contributed by atoms with van der Waals surface area (Å²) in [7, 11) is 0. The molecule has 0 bridgehead atoms. The van der Waals surface area contributed by atoms with Gasteiger partial charge in [0.2, 0.25) is 12.7 Å². The Kier molecular flexibility index (Phi) is 2.72. The number of pyridine rings is 1. The summed E-state index contributed by atoms with van der Waals surface area (Å²) in [6.07, 6.45) is 1.42. The molecule has 0 saturated carbocycles. The van der Waals surface area contributed by atoms with Crippen LogP contribution in [0.5, 0.6) is 11.5 Å². The SMILES string of the molecule is Fc1cc(NCc2cccc3c2OCO3)ccn1. The normalized spacial score (nSPS) is 12.5. The first-order valence-corrected chi connectivity index (χ1v) is 5.56. The maximum atomic E-state index is 12.9. The van der Waals surface area contributed by atoms with Gasteiger partial charge in [-0.2, -0.15) is 4.39 Å². The Morgan fingerprint density at radius 1 is 1.28 bits per heavy atom. The van der Waals surface area contributed by atoms with E-state index in [-0.39, 0.29) is 6.79 Å². The Bertz CT molecular complexity index is 575. The van der Waals surface area contributed by atoms with Crippen molar-refractivity contribution in [3.05, 3.63) is 48.0 Å². The lowest BCUT2D eigenvalue weighted by molar-refractivity contribution is 0.173. The molecular weight excluding hydrogens is 235 g/mol. The zero-order valence-electron chi connectivity index (χ0n) is 9.52. The molecule has 1 aliphatic rings. The molecule has 2 aromatic rings. The third-order valence-corrected chi connectivity index (χ3v) is 2.69. The van der Waals surface area contributed by atoms with Crippen LogP contribution in [0.2, 0.25) is 0 Å². The lowest BCUT2D eigenvalue weighted by Gasteiger charge is -2.08. The van der Waals surface area contributed by atoms with Crippen LogP contribution in [0.15, 0.2) is 36.5 Å². The van der Waals surface area contributed by atoms with Crippen molar-refractivity contribution in [3.63, 3.8) is 0 Å². The fraction of sp³-hybridized carbons (Fsp3) is 0.154. The molecule has 0 unspecified atom stereocenters. The lowest BCUT2D eigenvalue weighted by Crippen LogP contribution is -2.01. The number of nitrogens with one attached hydrogen (secondary N) is 1. The van der Waals surface area contributed by atoms with Gasteiger partial charge in [-0.05, 0) is 12.1 Å². The van der Waals surface area contributed by atoms with E-state index in [4.69, 9.17) is 9.47 Å². The fourth-order valence-electron chi connectivity index (χ4n) is 1.84. The molecule has 0 saturated heterocycles. The second-order valence-corrected chi connectivity index (χ2v) is 3.87. The second kappa shape index (κ2) is 4.52. The number of fused-ring (bicyclic) bond motifs is 1. The molecule has 1 aromatic heterocycles. The van der Waals surface area contributed by atoms with Crippen molar-refractivity contribution in [1.82, 2.24) is 4.98 Å². The Hall–Kier alpha value is -2.30. The van der Waals surface area contributed by atoms with Crippen LogP contribution >= 0.6 is 0 Å². The van der Waals surface area contributed by atoms with Gasteiger partial charge in [0, 0.05) is 30.1 Å². The van der Waals surface area contributed by atoms with Gasteiger partial charge in [-0.1, -0.05) is 12.1 Å². The highest BCUT2D eigenvalue weighted by Gasteiger charge is 2.16. The average molecular weight is 246 g/mol. The molecule has 0 radical (unpaired) electrons. The Balaban J connectivity index is 1.76. The summed E-state index contributed by atoms with van der Waals surface area (Å²) < 4.78 is 23.6. The van der Waals surface area contributed by atoms with E-state index in [9.17, 15) is 4.39 Å². The first kappa shape index (κ1) is 10.8. The largest absolute Gasteiger partial charge is 0.454 e. The third-order valence-electron chi connectivity index (χ3n) is 2.69. The molecule has 2 heterocycles. The quantitative estimate of drug-likeness (QED) is 0.845. The number of halogens is 1. The monoisotopic (exact) mass is 246 g/mol. The minimum Gasteiger partial charge on any atom is -0.454 e. The van der Waals surface area contributed by atoms with Crippen molar-refractivity contribution in [3.8, 4) is 11.5 Å². The van der Waals surface area contributed by atoms with E-state index in [1.807, 2.05) is 18.2 Å². The first-order chi connectivity index (χ1) is 8.83. The van der Waals surface area contributed by atoms with Gasteiger partial charge in [0.05, 0.1) is 0 Å². The van der Waals surface area contributed by atoms with Crippen LogP contribution in [0.4, 0.5) is 10.1 Å². The van der Waals surface area contributed by atoms with Crippen LogP contribution in [0.3, 0.4) is 0 Å². The van der Waals surface area contributed by atoms with E-state index in [1.54, 1.807) is 6.07 Å². The van der Waals surface area contributed by atoms with Crippen molar-refractivity contribution in [2.24, 2.45) is 0 Å². The standard InChI is InChI=1S/C13H11FN2O2/c14-12-6-10(4-5-15-12)16-7-9-2-1-3-11-13(9)18-8-17-11/h1-6H,7-8H2,(H,15,16).